The van der Waals surface area contributed by atoms with Crippen LogP contribution < -0.4 is 0 Å². The SMILES string of the molecule is CCCCCCCCCCCCCCCCC(CCCCCCCCCC)COS(=O)(=O)[O-].CCCCCCCCCCCCCCCCC(CCCCCCCCCC)COS(=O)(=O)[O-].[Ca+2]. The molecule has 2 unspecified atom stereocenters. The minimum Gasteiger partial charge on any atom is -0.726 e. The molecule has 0 aliphatic rings. The summed E-state index contributed by atoms with van der Waals surface area (Å²) in [6, 6.07) is 0. The van der Waals surface area contributed by atoms with Gasteiger partial charge >= 0.3 is 37.7 Å². The van der Waals surface area contributed by atoms with Gasteiger partial charge in [0, 0.05) is 0 Å². The first kappa shape index (κ1) is 72.2. The Bertz CT molecular complexity index is 1050. The standard InChI is InChI=1S/2C28H58O4S.Ca/c2*1-3-5-7-9-11-13-14-15-16-17-18-20-22-24-26-28(27-32-33(29,30)31)25-23-21-19-12-10-8-6-4-2;/h2*28H,3-27H2,1-2H3,(H,29,30,31);/q;;+2/p-2. The van der Waals surface area contributed by atoms with Crippen molar-refractivity contribution in [2.24, 2.45) is 11.8 Å². The Kier molecular flexibility index (Phi) is 62.4. The molecular weight excluding hydrogens is 905 g/mol. The molecule has 0 bridgehead atoms. The van der Waals surface area contributed by atoms with Crippen LogP contribution in [0.15, 0.2) is 0 Å². The van der Waals surface area contributed by atoms with E-state index in [2.05, 4.69) is 36.1 Å². The third-order valence-corrected chi connectivity index (χ3v) is 14.6. The van der Waals surface area contributed by atoms with Gasteiger partial charge in [0.05, 0.1) is 13.2 Å². The topological polar surface area (TPSA) is 133 Å². The van der Waals surface area contributed by atoms with Gasteiger partial charge in [-0.2, -0.15) is 0 Å². The molecule has 0 fully saturated rings. The van der Waals surface area contributed by atoms with E-state index in [-0.39, 0.29) is 62.8 Å². The first-order valence-corrected chi connectivity index (χ1v) is 31.9. The number of unbranched alkanes of at least 4 members (excludes halogenated alkanes) is 40. The number of rotatable bonds is 54. The van der Waals surface area contributed by atoms with Crippen LogP contribution in [0.5, 0.6) is 0 Å². The van der Waals surface area contributed by atoms with Crippen molar-refractivity contribution in [3.8, 4) is 0 Å². The molecule has 67 heavy (non-hydrogen) atoms. The first-order chi connectivity index (χ1) is 32.0. The minimum atomic E-state index is -4.58. The second-order valence-electron chi connectivity index (χ2n) is 20.4. The van der Waals surface area contributed by atoms with E-state index >= 15 is 0 Å². The first-order valence-electron chi connectivity index (χ1n) is 29.2. The summed E-state index contributed by atoms with van der Waals surface area (Å²) in [5, 5.41) is 0. The number of hydrogen-bond acceptors (Lipinski definition) is 8. The van der Waals surface area contributed by atoms with Gasteiger partial charge in [-0.1, -0.05) is 310 Å². The molecule has 0 aliphatic heterocycles. The van der Waals surface area contributed by atoms with Crippen molar-refractivity contribution in [3.05, 3.63) is 0 Å². The monoisotopic (exact) mass is 1020 g/mol. The summed E-state index contributed by atoms with van der Waals surface area (Å²) in [6.07, 6.45) is 61.7. The van der Waals surface area contributed by atoms with Crippen LogP contribution in [-0.4, -0.2) is 76.9 Å². The fourth-order valence-corrected chi connectivity index (χ4v) is 10.1. The molecule has 0 aromatic rings. The van der Waals surface area contributed by atoms with Gasteiger partial charge in [-0.25, -0.2) is 16.8 Å². The molecule has 0 saturated heterocycles. The molecule has 0 N–H and O–H groups in total. The summed E-state index contributed by atoms with van der Waals surface area (Å²) in [6.45, 7) is 9.16. The van der Waals surface area contributed by atoms with E-state index in [0.29, 0.717) is 0 Å². The quantitative estimate of drug-likeness (QED) is 0.0255. The van der Waals surface area contributed by atoms with Gasteiger partial charge in [0.1, 0.15) is 0 Å². The van der Waals surface area contributed by atoms with E-state index in [1.807, 2.05) is 0 Å². The molecule has 0 heterocycles. The molecule has 0 aliphatic carbocycles. The van der Waals surface area contributed by atoms with E-state index in [1.165, 1.54) is 257 Å². The molecule has 11 heteroatoms. The fraction of sp³-hybridized carbons (Fsp3) is 1.00. The smallest absolute Gasteiger partial charge is 0.726 e. The van der Waals surface area contributed by atoms with Crippen LogP contribution in [0.1, 0.15) is 336 Å². The maximum absolute atomic E-state index is 10.9. The largest absolute Gasteiger partial charge is 2.00 e. The van der Waals surface area contributed by atoms with Crippen LogP contribution in [0, 0.1) is 11.8 Å². The second kappa shape index (κ2) is 57.9. The third kappa shape index (κ3) is 67.0. The zero-order chi connectivity index (χ0) is 48.9. The summed E-state index contributed by atoms with van der Waals surface area (Å²) in [4.78, 5) is 0. The van der Waals surface area contributed by atoms with Crippen LogP contribution in [0.25, 0.3) is 0 Å². The summed E-state index contributed by atoms with van der Waals surface area (Å²) in [5.74, 6) is 0.400. The molecule has 0 amide bonds. The normalized spacial score (nSPS) is 12.7. The van der Waals surface area contributed by atoms with Crippen LogP contribution in [0.2, 0.25) is 0 Å². The predicted molar refractivity (Wildman–Crippen MR) is 288 cm³/mol. The molecule has 0 spiro atoms. The zero-order valence-corrected chi connectivity index (χ0v) is 49.1. The molecule has 400 valence electrons. The second-order valence-corrected chi connectivity index (χ2v) is 22.5. The summed E-state index contributed by atoms with van der Waals surface area (Å²) in [7, 11) is -9.15. The van der Waals surface area contributed by atoms with Gasteiger partial charge in [-0.05, 0) is 37.5 Å². The molecular formula is C56H114CaO8S2. The average Bonchev–Trinajstić information content (AvgIpc) is 3.28. The summed E-state index contributed by atoms with van der Waals surface area (Å²) < 4.78 is 74.4. The van der Waals surface area contributed by atoms with E-state index in [1.54, 1.807) is 0 Å². The molecule has 8 nitrogen and oxygen atoms in total. The Morgan fingerprint density at radius 3 is 0.537 bits per heavy atom. The van der Waals surface area contributed by atoms with Crippen molar-refractivity contribution in [1.82, 2.24) is 0 Å². The Morgan fingerprint density at radius 2 is 0.403 bits per heavy atom. The molecule has 2 atom stereocenters. The zero-order valence-electron chi connectivity index (χ0n) is 45.3. The van der Waals surface area contributed by atoms with Crippen molar-refractivity contribution in [1.29, 1.82) is 0 Å². The van der Waals surface area contributed by atoms with Crippen LogP contribution >= 0.6 is 0 Å². The van der Waals surface area contributed by atoms with E-state index in [4.69, 9.17) is 0 Å². The van der Waals surface area contributed by atoms with Crippen molar-refractivity contribution in [2.75, 3.05) is 13.2 Å². The van der Waals surface area contributed by atoms with E-state index < -0.39 is 20.8 Å². The van der Waals surface area contributed by atoms with Crippen LogP contribution in [0.3, 0.4) is 0 Å². The Hall–Kier alpha value is 1.000. The summed E-state index contributed by atoms with van der Waals surface area (Å²) in [5.41, 5.74) is 0. The molecule has 0 saturated carbocycles. The molecule has 0 aromatic heterocycles. The van der Waals surface area contributed by atoms with Crippen molar-refractivity contribution in [2.45, 2.75) is 336 Å². The third-order valence-electron chi connectivity index (χ3n) is 13.8. The Labute approximate surface area is 450 Å². The van der Waals surface area contributed by atoms with E-state index in [0.717, 1.165) is 51.4 Å². The van der Waals surface area contributed by atoms with Crippen LogP contribution in [0.4, 0.5) is 0 Å². The van der Waals surface area contributed by atoms with Gasteiger partial charge in [0.2, 0.25) is 20.8 Å². The molecule has 0 rings (SSSR count). The predicted octanol–water partition coefficient (Wildman–Crippen LogP) is 18.6. The maximum Gasteiger partial charge on any atom is 2.00 e. The van der Waals surface area contributed by atoms with Crippen molar-refractivity contribution < 1.29 is 34.3 Å². The Morgan fingerprint density at radius 1 is 0.269 bits per heavy atom. The van der Waals surface area contributed by atoms with Gasteiger partial charge in [0.15, 0.2) is 0 Å². The molecule has 0 aromatic carbocycles. The van der Waals surface area contributed by atoms with E-state index in [9.17, 15) is 25.9 Å². The molecule has 0 radical (unpaired) electrons. The van der Waals surface area contributed by atoms with Crippen molar-refractivity contribution in [3.63, 3.8) is 0 Å². The van der Waals surface area contributed by atoms with Gasteiger partial charge < -0.3 is 9.11 Å². The van der Waals surface area contributed by atoms with Gasteiger partial charge in [0.25, 0.3) is 0 Å². The van der Waals surface area contributed by atoms with Crippen LogP contribution in [-0.2, 0) is 29.2 Å². The fourth-order valence-electron chi connectivity index (χ4n) is 9.37. The minimum absolute atomic E-state index is 0. The van der Waals surface area contributed by atoms with Gasteiger partial charge in [-0.3, -0.25) is 8.37 Å². The number of hydrogen-bond donors (Lipinski definition) is 0. The summed E-state index contributed by atoms with van der Waals surface area (Å²) >= 11 is 0. The Balaban J connectivity index is -0.00000120. The average molecular weight is 1020 g/mol. The van der Waals surface area contributed by atoms with Gasteiger partial charge in [-0.15, -0.1) is 0 Å². The van der Waals surface area contributed by atoms with Crippen molar-refractivity contribution >= 4 is 58.5 Å². The maximum atomic E-state index is 10.9.